The third-order valence-electron chi connectivity index (χ3n) is 4.47. The van der Waals surface area contributed by atoms with Crippen molar-refractivity contribution in [1.82, 2.24) is 25.5 Å². The zero-order valence-corrected chi connectivity index (χ0v) is 18.7. The highest BCUT2D eigenvalue weighted by molar-refractivity contribution is 14.0. The van der Waals surface area contributed by atoms with Gasteiger partial charge in [-0.2, -0.15) is 0 Å². The number of halogens is 1. The third-order valence-corrected chi connectivity index (χ3v) is 4.47. The summed E-state index contributed by atoms with van der Waals surface area (Å²) in [4.78, 5) is 18.0. The van der Waals surface area contributed by atoms with Gasteiger partial charge in [-0.3, -0.25) is 4.90 Å². The van der Waals surface area contributed by atoms with Crippen LogP contribution in [0.3, 0.4) is 0 Å². The Morgan fingerprint density at radius 1 is 1.14 bits per heavy atom. The highest BCUT2D eigenvalue weighted by atomic mass is 127. The van der Waals surface area contributed by atoms with Gasteiger partial charge in [0.15, 0.2) is 5.96 Å². The maximum atomic E-state index is 5.33. The van der Waals surface area contributed by atoms with Crippen molar-refractivity contribution in [3.8, 4) is 0 Å². The number of hydrogen-bond acceptors (Lipinski definition) is 6. The lowest BCUT2D eigenvalue weighted by molar-refractivity contribution is 0.254. The van der Waals surface area contributed by atoms with E-state index < -0.39 is 0 Å². The highest BCUT2D eigenvalue weighted by Gasteiger charge is 2.18. The van der Waals surface area contributed by atoms with Gasteiger partial charge >= 0.3 is 0 Å². The number of nitrogens with one attached hydrogen (secondary N) is 2. The Morgan fingerprint density at radius 3 is 2.61 bits per heavy atom. The lowest BCUT2D eigenvalue weighted by atomic mass is 10.3. The summed E-state index contributed by atoms with van der Waals surface area (Å²) in [6.45, 7) is 9.48. The van der Waals surface area contributed by atoms with Gasteiger partial charge in [0.1, 0.15) is 12.3 Å². The molecular formula is C19H30IN7O. The van der Waals surface area contributed by atoms with Gasteiger partial charge in [0.2, 0.25) is 5.95 Å². The quantitative estimate of drug-likeness (QED) is 0.249. The molecule has 0 aromatic carbocycles. The van der Waals surface area contributed by atoms with Gasteiger partial charge < -0.3 is 20.0 Å². The molecule has 8 nitrogen and oxygen atoms in total. The van der Waals surface area contributed by atoms with Gasteiger partial charge in [0.25, 0.3) is 0 Å². The fraction of sp³-hybridized carbons (Fsp3) is 0.526. The van der Waals surface area contributed by atoms with E-state index in [1.165, 1.54) is 0 Å². The minimum Gasteiger partial charge on any atom is -0.467 e. The number of aliphatic imine (C=N–C) groups is 1. The molecule has 2 N–H and O–H groups in total. The lowest BCUT2D eigenvalue weighted by Gasteiger charge is -2.34. The molecule has 0 aliphatic carbocycles. The zero-order valence-electron chi connectivity index (χ0n) is 16.4. The lowest BCUT2D eigenvalue weighted by Crippen LogP contribution is -2.47. The molecule has 0 radical (unpaired) electrons. The molecule has 0 atom stereocenters. The molecular weight excluding hydrogens is 469 g/mol. The van der Waals surface area contributed by atoms with Gasteiger partial charge in [-0.15, -0.1) is 24.0 Å². The smallest absolute Gasteiger partial charge is 0.225 e. The van der Waals surface area contributed by atoms with Crippen molar-refractivity contribution in [1.29, 1.82) is 0 Å². The number of hydrogen-bond donors (Lipinski definition) is 2. The number of anilines is 1. The normalized spacial score (nSPS) is 15.2. The predicted octanol–water partition coefficient (Wildman–Crippen LogP) is 1.95. The second kappa shape index (κ2) is 12.6. The summed E-state index contributed by atoms with van der Waals surface area (Å²) in [5.41, 5.74) is 0. The second-order valence-corrected chi connectivity index (χ2v) is 6.43. The number of guanidine groups is 1. The van der Waals surface area contributed by atoms with E-state index in [9.17, 15) is 0 Å². The first kappa shape index (κ1) is 22.4. The van der Waals surface area contributed by atoms with Crippen LogP contribution in [-0.4, -0.2) is 66.6 Å². The average Bonchev–Trinajstić information content (AvgIpc) is 3.24. The molecule has 2 aromatic heterocycles. The molecule has 0 saturated carbocycles. The maximum Gasteiger partial charge on any atom is 0.225 e. The first-order valence-electron chi connectivity index (χ1n) is 9.64. The summed E-state index contributed by atoms with van der Waals surface area (Å²) in [5.74, 6) is 2.54. The SMILES string of the molecule is CCNC(=NCc1ccco1)NCCCN1CCN(c2ncccn2)CC1.I. The van der Waals surface area contributed by atoms with Gasteiger partial charge in [-0.05, 0) is 38.1 Å². The van der Waals surface area contributed by atoms with Crippen molar-refractivity contribution < 1.29 is 4.42 Å². The minimum absolute atomic E-state index is 0. The standard InChI is InChI=1S/C19H29N7O.HI/c1-2-20-18(24-16-17-6-3-15-27-17)21-9-5-10-25-11-13-26(14-12-25)19-22-7-4-8-23-19;/h3-4,6-8,15H,2,5,9-14,16H2,1H3,(H2,20,21,24);1H. The second-order valence-electron chi connectivity index (χ2n) is 6.43. The van der Waals surface area contributed by atoms with Crippen LogP contribution in [0.4, 0.5) is 5.95 Å². The Kier molecular flexibility index (Phi) is 10.0. The van der Waals surface area contributed by atoms with Crippen molar-refractivity contribution in [2.45, 2.75) is 19.9 Å². The summed E-state index contributed by atoms with van der Waals surface area (Å²) in [7, 11) is 0. The average molecular weight is 499 g/mol. The number of piperazine rings is 1. The first-order chi connectivity index (χ1) is 13.3. The first-order valence-corrected chi connectivity index (χ1v) is 9.64. The number of nitrogens with zero attached hydrogens (tertiary/aromatic N) is 5. The van der Waals surface area contributed by atoms with Gasteiger partial charge in [0.05, 0.1) is 6.26 Å². The molecule has 0 spiro atoms. The molecule has 3 rings (SSSR count). The molecule has 1 fully saturated rings. The Bertz CT molecular complexity index is 673. The van der Waals surface area contributed by atoms with Crippen LogP contribution >= 0.6 is 24.0 Å². The maximum absolute atomic E-state index is 5.33. The van der Waals surface area contributed by atoms with Gasteiger partial charge in [-0.25, -0.2) is 15.0 Å². The van der Waals surface area contributed by atoms with Crippen LogP contribution in [0.15, 0.2) is 46.3 Å². The highest BCUT2D eigenvalue weighted by Crippen LogP contribution is 2.09. The van der Waals surface area contributed by atoms with Crippen LogP contribution in [0.1, 0.15) is 19.1 Å². The Morgan fingerprint density at radius 2 is 1.93 bits per heavy atom. The summed E-state index contributed by atoms with van der Waals surface area (Å²) in [6.07, 6.45) is 6.35. The molecule has 0 amide bonds. The number of furan rings is 1. The van der Waals surface area contributed by atoms with E-state index in [0.717, 1.165) is 69.9 Å². The van der Waals surface area contributed by atoms with Gasteiger partial charge in [0, 0.05) is 51.7 Å². The Labute approximate surface area is 183 Å². The molecule has 1 aliphatic rings. The predicted molar refractivity (Wildman–Crippen MR) is 122 cm³/mol. The van der Waals surface area contributed by atoms with E-state index >= 15 is 0 Å². The van der Waals surface area contributed by atoms with Gasteiger partial charge in [-0.1, -0.05) is 0 Å². The van der Waals surface area contributed by atoms with Crippen molar-refractivity contribution in [2.24, 2.45) is 4.99 Å². The van der Waals surface area contributed by atoms with Crippen LogP contribution in [0.5, 0.6) is 0 Å². The van der Waals surface area contributed by atoms with Crippen molar-refractivity contribution in [3.05, 3.63) is 42.6 Å². The largest absolute Gasteiger partial charge is 0.467 e. The fourth-order valence-corrected chi connectivity index (χ4v) is 3.04. The van der Waals surface area contributed by atoms with Crippen LogP contribution in [0.25, 0.3) is 0 Å². The van der Waals surface area contributed by atoms with Crippen LogP contribution in [-0.2, 0) is 6.54 Å². The molecule has 0 unspecified atom stereocenters. The molecule has 3 heterocycles. The summed E-state index contributed by atoms with van der Waals surface area (Å²) >= 11 is 0. The van der Waals surface area contributed by atoms with E-state index in [0.29, 0.717) is 6.54 Å². The van der Waals surface area contributed by atoms with Crippen molar-refractivity contribution >= 4 is 35.9 Å². The number of aromatic nitrogens is 2. The molecule has 154 valence electrons. The Hall–Kier alpha value is -1.88. The monoisotopic (exact) mass is 499 g/mol. The molecule has 0 bridgehead atoms. The van der Waals surface area contributed by atoms with Crippen LogP contribution < -0.4 is 15.5 Å². The summed E-state index contributed by atoms with van der Waals surface area (Å²) in [5, 5.41) is 6.67. The topological polar surface area (TPSA) is 81.8 Å². The van der Waals surface area contributed by atoms with Crippen LogP contribution in [0, 0.1) is 0 Å². The fourth-order valence-electron chi connectivity index (χ4n) is 3.04. The third kappa shape index (κ3) is 7.27. The molecule has 1 aliphatic heterocycles. The van der Waals surface area contributed by atoms with Crippen LogP contribution in [0.2, 0.25) is 0 Å². The summed E-state index contributed by atoms with van der Waals surface area (Å²) in [6, 6.07) is 5.67. The van der Waals surface area contributed by atoms with Crippen molar-refractivity contribution in [3.63, 3.8) is 0 Å². The van der Waals surface area contributed by atoms with Crippen molar-refractivity contribution in [2.75, 3.05) is 50.7 Å². The minimum atomic E-state index is 0. The zero-order chi connectivity index (χ0) is 18.7. The Balaban J connectivity index is 0.00000280. The van der Waals surface area contributed by atoms with E-state index in [-0.39, 0.29) is 24.0 Å². The van der Waals surface area contributed by atoms with E-state index in [2.05, 4.69) is 42.3 Å². The molecule has 9 heteroatoms. The van der Waals surface area contributed by atoms with E-state index in [4.69, 9.17) is 4.42 Å². The number of rotatable bonds is 8. The molecule has 2 aromatic rings. The van der Waals surface area contributed by atoms with E-state index in [1.54, 1.807) is 18.7 Å². The molecule has 28 heavy (non-hydrogen) atoms. The molecule has 1 saturated heterocycles. The summed E-state index contributed by atoms with van der Waals surface area (Å²) < 4.78 is 5.33. The van der Waals surface area contributed by atoms with E-state index in [1.807, 2.05) is 18.2 Å².